The monoisotopic (exact) mass is 528 g/mol. The Bertz CT molecular complexity index is 1420. The van der Waals surface area contributed by atoms with E-state index in [0.717, 1.165) is 34.3 Å². The van der Waals surface area contributed by atoms with Gasteiger partial charge in [0.2, 0.25) is 19.4 Å². The number of rotatable bonds is 8. The predicted octanol–water partition coefficient (Wildman–Crippen LogP) is 3.47. The molecule has 0 saturated heterocycles. The lowest BCUT2D eigenvalue weighted by Crippen LogP contribution is -2.35. The van der Waals surface area contributed by atoms with Crippen LogP contribution in [-0.4, -0.2) is 61.3 Å². The maximum Gasteiger partial charge on any atom is 0.283 e. The van der Waals surface area contributed by atoms with Gasteiger partial charge in [0.1, 0.15) is 5.75 Å². The molecule has 2 aromatic rings. The lowest BCUT2D eigenvalue weighted by Gasteiger charge is -2.20. The Morgan fingerprint density at radius 3 is 2.61 bits per heavy atom. The van der Waals surface area contributed by atoms with E-state index >= 15 is 0 Å². The lowest BCUT2D eigenvalue weighted by molar-refractivity contribution is -0.114. The number of benzene rings is 2. The van der Waals surface area contributed by atoms with E-state index in [-0.39, 0.29) is 21.0 Å². The number of nitrogens with zero attached hydrogens (tertiary/aromatic N) is 3. The average molecular weight is 529 g/mol. The second-order valence-electron chi connectivity index (χ2n) is 7.94. The number of nitrogens with one attached hydrogen (secondary N) is 1. The van der Waals surface area contributed by atoms with Gasteiger partial charge in [-0.3, -0.25) is 10.2 Å². The summed E-state index contributed by atoms with van der Waals surface area (Å²) < 4.78 is 40.4. The number of methoxy groups -OCH3 is 1. The molecule has 2 heterocycles. The summed E-state index contributed by atoms with van der Waals surface area (Å²) in [7, 11) is -2.09. The maximum absolute atomic E-state index is 12.5. The highest BCUT2D eigenvalue weighted by atomic mass is 32.3. The molecule has 1 amide bonds. The molecule has 0 spiro atoms. The third kappa shape index (κ3) is 5.77. The molecule has 0 fully saturated rings. The van der Waals surface area contributed by atoms with Crippen molar-refractivity contribution in [1.82, 2.24) is 5.01 Å². The van der Waals surface area contributed by atoms with Gasteiger partial charge < -0.3 is 14.2 Å². The summed E-state index contributed by atoms with van der Waals surface area (Å²) in [6.45, 7) is 2.92. The molecule has 2 aromatic carbocycles. The number of amides is 1. The Labute approximate surface area is 213 Å². The van der Waals surface area contributed by atoms with E-state index in [1.165, 1.54) is 13.2 Å². The quantitative estimate of drug-likeness (QED) is 0.407. The standard InChI is InChI=1S/C24H24N4O6S2/c1-15-6-4-7-17(12-15)33-10-5-11-34-19-9-8-16(14-20(19)32-2)13-18-21(25)28-23(26-22(18)29)35-24(27-28)36(3,30)31/h4,6-9,12-14,25H,5,10-11H2,1-3H3/b18-13+,25-21?. The zero-order chi connectivity index (χ0) is 25.9. The lowest BCUT2D eigenvalue weighted by atomic mass is 10.1. The number of hydrogen-bond acceptors (Lipinski definition) is 9. The molecule has 4 rings (SSSR count). The summed E-state index contributed by atoms with van der Waals surface area (Å²) in [6.07, 6.45) is 3.15. The number of ether oxygens (including phenoxy) is 3. The molecule has 0 saturated carbocycles. The molecular weight excluding hydrogens is 504 g/mol. The molecule has 10 nitrogen and oxygen atoms in total. The van der Waals surface area contributed by atoms with Crippen LogP contribution < -0.4 is 14.2 Å². The van der Waals surface area contributed by atoms with Gasteiger partial charge in [0.15, 0.2) is 17.3 Å². The number of hydrazone groups is 1. The van der Waals surface area contributed by atoms with Crippen molar-refractivity contribution in [3.8, 4) is 17.2 Å². The zero-order valence-electron chi connectivity index (χ0n) is 19.8. The van der Waals surface area contributed by atoms with Crippen molar-refractivity contribution in [3.05, 3.63) is 59.2 Å². The summed E-state index contributed by atoms with van der Waals surface area (Å²) >= 11 is 0.739. The summed E-state index contributed by atoms with van der Waals surface area (Å²) in [5, 5.41) is 13.4. The van der Waals surface area contributed by atoms with Crippen molar-refractivity contribution in [1.29, 1.82) is 5.41 Å². The Hall–Kier alpha value is -3.64. The molecule has 188 valence electrons. The van der Waals surface area contributed by atoms with Crippen molar-refractivity contribution in [2.24, 2.45) is 10.1 Å². The summed E-state index contributed by atoms with van der Waals surface area (Å²) in [5.41, 5.74) is 1.68. The Balaban J connectivity index is 1.42. The molecule has 0 bridgehead atoms. The molecule has 2 aliphatic heterocycles. The maximum atomic E-state index is 12.5. The first-order valence-corrected chi connectivity index (χ1v) is 13.6. The van der Waals surface area contributed by atoms with Crippen LogP contribution in [0.15, 0.2) is 58.1 Å². The van der Waals surface area contributed by atoms with Gasteiger partial charge in [-0.25, -0.2) is 8.42 Å². The van der Waals surface area contributed by atoms with Crippen molar-refractivity contribution < 1.29 is 27.4 Å². The molecule has 0 radical (unpaired) electrons. The minimum atomic E-state index is -3.59. The topological polar surface area (TPSA) is 131 Å². The van der Waals surface area contributed by atoms with Crippen LogP contribution >= 0.6 is 11.8 Å². The van der Waals surface area contributed by atoms with E-state index in [4.69, 9.17) is 19.6 Å². The van der Waals surface area contributed by atoms with Gasteiger partial charge in [0, 0.05) is 12.7 Å². The van der Waals surface area contributed by atoms with Gasteiger partial charge >= 0.3 is 0 Å². The van der Waals surface area contributed by atoms with Gasteiger partial charge in [0.25, 0.3) is 5.91 Å². The Kier molecular flexibility index (Phi) is 7.45. The van der Waals surface area contributed by atoms with Gasteiger partial charge in [0.05, 0.1) is 25.9 Å². The first kappa shape index (κ1) is 25.5. The Morgan fingerprint density at radius 2 is 1.89 bits per heavy atom. The van der Waals surface area contributed by atoms with E-state index in [1.54, 1.807) is 18.2 Å². The van der Waals surface area contributed by atoms with Crippen molar-refractivity contribution in [2.45, 2.75) is 13.3 Å². The van der Waals surface area contributed by atoms with Crippen molar-refractivity contribution in [2.75, 3.05) is 26.6 Å². The molecule has 12 heteroatoms. The SMILES string of the molecule is COc1cc(/C=C2\C(=N)N3N=C(S(C)(=O)=O)SC3=NC2=O)ccc1OCCCOc1cccc(C)c1. The molecule has 36 heavy (non-hydrogen) atoms. The van der Waals surface area contributed by atoms with Crippen LogP contribution in [0.4, 0.5) is 0 Å². The van der Waals surface area contributed by atoms with Gasteiger partial charge in [-0.05, 0) is 60.2 Å². The number of sulfone groups is 1. The molecule has 0 unspecified atom stereocenters. The average Bonchev–Trinajstić information content (AvgIpc) is 3.27. The third-order valence-corrected chi connectivity index (χ3v) is 7.63. The number of fused-ring (bicyclic) bond motifs is 1. The fourth-order valence-electron chi connectivity index (χ4n) is 3.32. The first-order valence-electron chi connectivity index (χ1n) is 10.9. The smallest absolute Gasteiger partial charge is 0.283 e. The van der Waals surface area contributed by atoms with Crippen molar-refractivity contribution >= 4 is 49.0 Å². The van der Waals surface area contributed by atoms with Crippen LogP contribution in [0, 0.1) is 12.3 Å². The second kappa shape index (κ2) is 10.5. The van der Waals surface area contributed by atoms with Crippen LogP contribution in [0.1, 0.15) is 17.5 Å². The van der Waals surface area contributed by atoms with E-state index in [0.29, 0.717) is 36.7 Å². The molecule has 1 N–H and O–H groups in total. The van der Waals surface area contributed by atoms with E-state index in [2.05, 4.69) is 10.1 Å². The van der Waals surface area contributed by atoms with Crippen molar-refractivity contribution in [3.63, 3.8) is 0 Å². The number of aryl methyl sites for hydroxylation is 1. The molecular formula is C24H24N4O6S2. The minimum absolute atomic E-state index is 0.0260. The second-order valence-corrected chi connectivity index (χ2v) is 11.1. The number of carbonyl (C=O) groups excluding carboxylic acids is 1. The van der Waals surface area contributed by atoms with E-state index in [1.807, 2.05) is 31.2 Å². The number of carbonyl (C=O) groups is 1. The fourth-order valence-corrected chi connectivity index (χ4v) is 5.01. The molecule has 0 aliphatic carbocycles. The van der Waals surface area contributed by atoms with E-state index < -0.39 is 15.7 Å². The summed E-state index contributed by atoms with van der Waals surface area (Å²) in [6, 6.07) is 12.9. The Morgan fingerprint density at radius 1 is 1.11 bits per heavy atom. The number of thioether (sulfide) groups is 1. The van der Waals surface area contributed by atoms with Crippen LogP contribution in [0.25, 0.3) is 6.08 Å². The molecule has 2 aliphatic rings. The largest absolute Gasteiger partial charge is 0.493 e. The molecule has 0 aromatic heterocycles. The fraction of sp³-hybridized carbons (Fsp3) is 0.250. The number of aliphatic imine (C=N–C) groups is 1. The van der Waals surface area contributed by atoms with Crippen LogP contribution in [-0.2, 0) is 14.6 Å². The molecule has 0 atom stereocenters. The van der Waals surface area contributed by atoms with Gasteiger partial charge in [-0.1, -0.05) is 18.2 Å². The van der Waals surface area contributed by atoms with Crippen LogP contribution in [0.2, 0.25) is 0 Å². The predicted molar refractivity (Wildman–Crippen MR) is 140 cm³/mol. The highest BCUT2D eigenvalue weighted by Gasteiger charge is 2.38. The number of hydrogen-bond donors (Lipinski definition) is 1. The van der Waals surface area contributed by atoms with Gasteiger partial charge in [-0.15, -0.1) is 5.10 Å². The van der Waals surface area contributed by atoms with E-state index in [9.17, 15) is 13.2 Å². The first-order chi connectivity index (χ1) is 17.2. The highest BCUT2D eigenvalue weighted by molar-refractivity contribution is 8.42. The summed E-state index contributed by atoms with van der Waals surface area (Å²) in [4.78, 5) is 16.4. The number of amidine groups is 2. The van der Waals surface area contributed by atoms with Gasteiger partial charge in [-0.2, -0.15) is 10.0 Å². The zero-order valence-corrected chi connectivity index (χ0v) is 21.5. The minimum Gasteiger partial charge on any atom is -0.493 e. The third-order valence-electron chi connectivity index (χ3n) is 5.06. The van der Waals surface area contributed by atoms with Crippen LogP contribution in [0.5, 0.6) is 17.2 Å². The normalized spacial score (nSPS) is 16.5. The van der Waals surface area contributed by atoms with Crippen LogP contribution in [0.3, 0.4) is 0 Å². The summed E-state index contributed by atoms with van der Waals surface area (Å²) in [5.74, 6) is 0.881. The highest BCUT2D eigenvalue weighted by Crippen LogP contribution is 2.32.